The van der Waals surface area contributed by atoms with E-state index in [4.69, 9.17) is 4.74 Å². The van der Waals surface area contributed by atoms with E-state index in [1.807, 2.05) is 0 Å². The second-order valence-electron chi connectivity index (χ2n) is 4.18. The standard InChI is InChI=1S/C15H13FN2O3/c16-13-4-2-1-3-12(13)9-18-14(19)10-21-15(20)11-5-7-17-8-6-11/h1-8H,9-10H2,(H,18,19). The number of hydrogen-bond acceptors (Lipinski definition) is 4. The molecule has 1 aromatic carbocycles. The summed E-state index contributed by atoms with van der Waals surface area (Å²) in [5.41, 5.74) is 0.679. The number of amides is 1. The summed E-state index contributed by atoms with van der Waals surface area (Å²) in [5.74, 6) is -1.51. The maximum atomic E-state index is 13.3. The van der Waals surface area contributed by atoms with Gasteiger partial charge in [-0.25, -0.2) is 9.18 Å². The number of carbonyl (C=O) groups excluding carboxylic acids is 2. The SMILES string of the molecule is O=C(COC(=O)c1ccncc1)NCc1ccccc1F. The van der Waals surface area contributed by atoms with Crippen LogP contribution in [0.2, 0.25) is 0 Å². The monoisotopic (exact) mass is 288 g/mol. The van der Waals surface area contributed by atoms with Gasteiger partial charge in [0.15, 0.2) is 6.61 Å². The molecule has 0 aliphatic carbocycles. The topological polar surface area (TPSA) is 68.3 Å². The molecule has 0 unspecified atom stereocenters. The lowest BCUT2D eigenvalue weighted by atomic mass is 10.2. The highest BCUT2D eigenvalue weighted by Crippen LogP contribution is 2.05. The molecule has 1 heterocycles. The molecule has 0 radical (unpaired) electrons. The van der Waals surface area contributed by atoms with E-state index >= 15 is 0 Å². The van der Waals surface area contributed by atoms with Crippen LogP contribution < -0.4 is 5.32 Å². The predicted molar refractivity (Wildman–Crippen MR) is 72.8 cm³/mol. The number of aromatic nitrogens is 1. The van der Waals surface area contributed by atoms with Crippen molar-refractivity contribution in [3.8, 4) is 0 Å². The van der Waals surface area contributed by atoms with Crippen LogP contribution in [0.3, 0.4) is 0 Å². The van der Waals surface area contributed by atoms with Crippen LogP contribution in [0, 0.1) is 5.82 Å². The Bertz CT molecular complexity index is 632. The smallest absolute Gasteiger partial charge is 0.338 e. The second-order valence-corrected chi connectivity index (χ2v) is 4.18. The molecule has 21 heavy (non-hydrogen) atoms. The highest BCUT2D eigenvalue weighted by Gasteiger charge is 2.10. The molecular formula is C15H13FN2O3. The average Bonchev–Trinajstić information content (AvgIpc) is 2.52. The molecule has 0 saturated heterocycles. The van der Waals surface area contributed by atoms with Gasteiger partial charge in [-0.3, -0.25) is 9.78 Å². The normalized spacial score (nSPS) is 9.95. The quantitative estimate of drug-likeness (QED) is 0.850. The van der Waals surface area contributed by atoms with Crippen LogP contribution in [0.4, 0.5) is 4.39 Å². The summed E-state index contributed by atoms with van der Waals surface area (Å²) >= 11 is 0. The first-order chi connectivity index (χ1) is 10.2. The van der Waals surface area contributed by atoms with Gasteiger partial charge in [0, 0.05) is 24.5 Å². The van der Waals surface area contributed by atoms with Crippen molar-refractivity contribution in [3.05, 3.63) is 65.7 Å². The van der Waals surface area contributed by atoms with Gasteiger partial charge in [-0.2, -0.15) is 0 Å². The van der Waals surface area contributed by atoms with Crippen LogP contribution >= 0.6 is 0 Å². The molecule has 0 aliphatic heterocycles. The van der Waals surface area contributed by atoms with Crippen LogP contribution in [-0.2, 0) is 16.1 Å². The highest BCUT2D eigenvalue weighted by atomic mass is 19.1. The van der Waals surface area contributed by atoms with E-state index < -0.39 is 24.3 Å². The third-order valence-electron chi connectivity index (χ3n) is 2.68. The van der Waals surface area contributed by atoms with Crippen molar-refractivity contribution in [1.82, 2.24) is 10.3 Å². The van der Waals surface area contributed by atoms with Gasteiger partial charge in [-0.05, 0) is 18.2 Å². The number of carbonyl (C=O) groups is 2. The summed E-state index contributed by atoms with van der Waals surface area (Å²) in [7, 11) is 0. The van der Waals surface area contributed by atoms with Crippen LogP contribution in [0.25, 0.3) is 0 Å². The van der Waals surface area contributed by atoms with E-state index in [0.717, 1.165) is 0 Å². The number of esters is 1. The van der Waals surface area contributed by atoms with Crippen molar-refractivity contribution in [2.45, 2.75) is 6.54 Å². The Morgan fingerprint density at radius 3 is 2.57 bits per heavy atom. The van der Waals surface area contributed by atoms with Gasteiger partial charge >= 0.3 is 5.97 Å². The molecular weight excluding hydrogens is 275 g/mol. The molecule has 1 amide bonds. The van der Waals surface area contributed by atoms with Crippen LogP contribution in [0.15, 0.2) is 48.8 Å². The van der Waals surface area contributed by atoms with Crippen LogP contribution in [0.1, 0.15) is 15.9 Å². The van der Waals surface area contributed by atoms with Gasteiger partial charge in [0.2, 0.25) is 0 Å². The van der Waals surface area contributed by atoms with E-state index in [1.165, 1.54) is 30.6 Å². The Kier molecular flexibility index (Phi) is 4.98. The maximum Gasteiger partial charge on any atom is 0.338 e. The minimum Gasteiger partial charge on any atom is -0.452 e. The average molecular weight is 288 g/mol. The van der Waals surface area contributed by atoms with Gasteiger partial charge in [0.05, 0.1) is 5.56 Å². The van der Waals surface area contributed by atoms with Gasteiger partial charge in [0.1, 0.15) is 5.82 Å². The molecule has 0 fully saturated rings. The minimum absolute atomic E-state index is 0.0400. The first-order valence-electron chi connectivity index (χ1n) is 6.24. The Balaban J connectivity index is 1.78. The van der Waals surface area contributed by atoms with Crippen molar-refractivity contribution in [2.75, 3.05) is 6.61 Å². The molecule has 0 bridgehead atoms. The van der Waals surface area contributed by atoms with Gasteiger partial charge in [-0.15, -0.1) is 0 Å². The second kappa shape index (κ2) is 7.14. The Hall–Kier alpha value is -2.76. The lowest BCUT2D eigenvalue weighted by Gasteiger charge is -2.07. The summed E-state index contributed by atoms with van der Waals surface area (Å²) in [6.45, 7) is -0.381. The van der Waals surface area contributed by atoms with E-state index in [-0.39, 0.29) is 6.54 Å². The molecule has 5 nitrogen and oxygen atoms in total. The molecule has 1 N–H and O–H groups in total. The zero-order chi connectivity index (χ0) is 15.1. The molecule has 0 spiro atoms. The van der Waals surface area contributed by atoms with Crippen molar-refractivity contribution >= 4 is 11.9 Å². The number of nitrogens with one attached hydrogen (secondary N) is 1. The number of halogens is 1. The number of nitrogens with zero attached hydrogens (tertiary/aromatic N) is 1. The lowest BCUT2D eigenvalue weighted by molar-refractivity contribution is -0.124. The lowest BCUT2D eigenvalue weighted by Crippen LogP contribution is -2.28. The summed E-state index contributed by atoms with van der Waals surface area (Å²) in [6, 6.07) is 9.09. The first-order valence-corrected chi connectivity index (χ1v) is 6.24. The molecule has 2 aromatic rings. The number of hydrogen-bond donors (Lipinski definition) is 1. The Labute approximate surface area is 120 Å². The fraction of sp³-hybridized carbons (Fsp3) is 0.133. The van der Waals surface area contributed by atoms with E-state index in [9.17, 15) is 14.0 Å². The molecule has 0 saturated carbocycles. The number of benzene rings is 1. The molecule has 1 aromatic heterocycles. The van der Waals surface area contributed by atoms with Crippen molar-refractivity contribution in [2.24, 2.45) is 0 Å². The molecule has 108 valence electrons. The zero-order valence-corrected chi connectivity index (χ0v) is 11.1. The molecule has 2 rings (SSSR count). The van der Waals surface area contributed by atoms with E-state index in [0.29, 0.717) is 11.1 Å². The van der Waals surface area contributed by atoms with Gasteiger partial charge < -0.3 is 10.1 Å². The summed E-state index contributed by atoms with van der Waals surface area (Å²) in [4.78, 5) is 26.9. The molecule has 0 aliphatic rings. The third kappa shape index (κ3) is 4.38. The molecule has 0 atom stereocenters. The maximum absolute atomic E-state index is 13.3. The highest BCUT2D eigenvalue weighted by molar-refractivity contribution is 5.91. The van der Waals surface area contributed by atoms with E-state index in [2.05, 4.69) is 10.3 Å². The fourth-order valence-corrected chi connectivity index (χ4v) is 1.59. The Morgan fingerprint density at radius 2 is 1.86 bits per heavy atom. The fourth-order valence-electron chi connectivity index (χ4n) is 1.59. The zero-order valence-electron chi connectivity index (χ0n) is 11.1. The minimum atomic E-state index is -0.613. The third-order valence-corrected chi connectivity index (χ3v) is 2.68. The summed E-state index contributed by atoms with van der Waals surface area (Å²) < 4.78 is 18.2. The summed E-state index contributed by atoms with van der Waals surface area (Å²) in [5, 5.41) is 2.48. The summed E-state index contributed by atoms with van der Waals surface area (Å²) in [6.07, 6.45) is 2.91. The number of ether oxygens (including phenoxy) is 1. The van der Waals surface area contributed by atoms with Crippen LogP contribution in [0.5, 0.6) is 0 Å². The van der Waals surface area contributed by atoms with Crippen molar-refractivity contribution in [1.29, 1.82) is 0 Å². The predicted octanol–water partition coefficient (Wildman–Crippen LogP) is 1.69. The number of rotatable bonds is 5. The number of pyridine rings is 1. The molecule has 6 heteroatoms. The van der Waals surface area contributed by atoms with Crippen molar-refractivity contribution < 1.29 is 18.7 Å². The van der Waals surface area contributed by atoms with Crippen molar-refractivity contribution in [3.63, 3.8) is 0 Å². The Morgan fingerprint density at radius 1 is 1.14 bits per heavy atom. The van der Waals surface area contributed by atoms with Crippen LogP contribution in [-0.4, -0.2) is 23.5 Å². The van der Waals surface area contributed by atoms with Gasteiger partial charge in [-0.1, -0.05) is 18.2 Å². The van der Waals surface area contributed by atoms with E-state index in [1.54, 1.807) is 18.2 Å². The first kappa shape index (κ1) is 14.6. The largest absolute Gasteiger partial charge is 0.452 e. The van der Waals surface area contributed by atoms with Gasteiger partial charge in [0.25, 0.3) is 5.91 Å².